The van der Waals surface area contributed by atoms with Crippen LogP contribution in [0.5, 0.6) is 5.88 Å². The van der Waals surface area contributed by atoms with E-state index < -0.39 is 0 Å². The summed E-state index contributed by atoms with van der Waals surface area (Å²) < 4.78 is 5.17. The Morgan fingerprint density at radius 2 is 1.78 bits per heavy atom. The van der Waals surface area contributed by atoms with Crippen molar-refractivity contribution in [2.45, 2.75) is 31.7 Å². The smallest absolute Gasteiger partial charge is 0.274 e. The van der Waals surface area contributed by atoms with Crippen LogP contribution in [0.25, 0.3) is 11.3 Å². The molecule has 5 rings (SSSR count). The van der Waals surface area contributed by atoms with Crippen molar-refractivity contribution in [3.63, 3.8) is 0 Å². The Morgan fingerprint density at radius 3 is 2.49 bits per heavy atom. The predicted molar refractivity (Wildman–Crippen MR) is 142 cm³/mol. The van der Waals surface area contributed by atoms with E-state index in [-0.39, 0.29) is 23.8 Å². The van der Waals surface area contributed by atoms with Gasteiger partial charge in [0.25, 0.3) is 5.91 Å². The molecule has 2 aliphatic rings. The quantitative estimate of drug-likeness (QED) is 0.511. The van der Waals surface area contributed by atoms with Crippen molar-refractivity contribution < 1.29 is 14.3 Å². The summed E-state index contributed by atoms with van der Waals surface area (Å²) in [6.07, 6.45) is 4.66. The third kappa shape index (κ3) is 5.72. The first-order chi connectivity index (χ1) is 18.0. The molecule has 2 amide bonds. The SMILES string of the molecule is COc1cc(-c2cc(C(=O)N3CCC(C(=O)NC4CCN(c5ccccc5)CC4)CC3)n[nH]2)c(Cl)cn1. The number of amides is 2. The number of aromatic amines is 1. The van der Waals surface area contributed by atoms with E-state index >= 15 is 0 Å². The fourth-order valence-corrected chi connectivity index (χ4v) is 5.26. The predicted octanol–water partition coefficient (Wildman–Crippen LogP) is 3.77. The number of para-hydroxylation sites is 1. The number of hydrogen-bond donors (Lipinski definition) is 2. The van der Waals surface area contributed by atoms with Gasteiger partial charge in [-0.05, 0) is 43.9 Å². The number of nitrogens with zero attached hydrogens (tertiary/aromatic N) is 4. The molecule has 3 aromatic rings. The van der Waals surface area contributed by atoms with Gasteiger partial charge in [0.15, 0.2) is 5.69 Å². The third-order valence-corrected chi connectivity index (χ3v) is 7.54. The number of piperidine rings is 2. The van der Waals surface area contributed by atoms with Gasteiger partial charge in [0.05, 0.1) is 24.0 Å². The number of halogens is 1. The third-order valence-electron chi connectivity index (χ3n) is 7.24. The number of carbonyl (C=O) groups is 2. The van der Waals surface area contributed by atoms with Crippen LogP contribution in [0, 0.1) is 5.92 Å². The number of anilines is 1. The first-order valence-electron chi connectivity index (χ1n) is 12.7. The summed E-state index contributed by atoms with van der Waals surface area (Å²) in [5, 5.41) is 10.8. The van der Waals surface area contributed by atoms with Crippen molar-refractivity contribution in [1.82, 2.24) is 25.4 Å². The maximum atomic E-state index is 13.1. The average molecular weight is 523 g/mol. The number of rotatable bonds is 6. The summed E-state index contributed by atoms with van der Waals surface area (Å²) in [5.74, 6) is 0.290. The highest BCUT2D eigenvalue weighted by Gasteiger charge is 2.30. The minimum absolute atomic E-state index is 0.0750. The molecular weight excluding hydrogens is 492 g/mol. The molecule has 10 heteroatoms. The van der Waals surface area contributed by atoms with Crippen LogP contribution < -0.4 is 15.0 Å². The monoisotopic (exact) mass is 522 g/mol. The average Bonchev–Trinajstić information content (AvgIpc) is 3.44. The Labute approximate surface area is 221 Å². The summed E-state index contributed by atoms with van der Waals surface area (Å²) in [5.41, 5.74) is 2.82. The molecule has 4 heterocycles. The van der Waals surface area contributed by atoms with E-state index in [9.17, 15) is 9.59 Å². The number of H-pyrrole nitrogens is 1. The van der Waals surface area contributed by atoms with Crippen molar-refractivity contribution in [3.05, 3.63) is 59.4 Å². The Morgan fingerprint density at radius 1 is 1.05 bits per heavy atom. The topological polar surface area (TPSA) is 103 Å². The number of pyridine rings is 1. The Balaban J connectivity index is 1.11. The molecule has 0 aliphatic carbocycles. The zero-order valence-electron chi connectivity index (χ0n) is 20.8. The molecule has 1 aromatic carbocycles. The van der Waals surface area contributed by atoms with E-state index in [0.29, 0.717) is 53.8 Å². The number of ether oxygens (including phenoxy) is 1. The summed E-state index contributed by atoms with van der Waals surface area (Å²) in [4.78, 5) is 34.2. The Bertz CT molecular complexity index is 1230. The van der Waals surface area contributed by atoms with Crippen molar-refractivity contribution in [3.8, 4) is 17.1 Å². The van der Waals surface area contributed by atoms with E-state index in [0.717, 1.165) is 25.9 Å². The van der Waals surface area contributed by atoms with Gasteiger partial charge in [0.2, 0.25) is 11.8 Å². The molecule has 2 saturated heterocycles. The van der Waals surface area contributed by atoms with Gasteiger partial charge in [-0.2, -0.15) is 5.10 Å². The lowest BCUT2D eigenvalue weighted by molar-refractivity contribution is -0.127. The van der Waals surface area contributed by atoms with Crippen LogP contribution in [0.3, 0.4) is 0 Å². The van der Waals surface area contributed by atoms with Crippen molar-refractivity contribution in [2.24, 2.45) is 5.92 Å². The van der Waals surface area contributed by atoms with Crippen LogP contribution >= 0.6 is 11.6 Å². The Hall–Kier alpha value is -3.59. The van der Waals surface area contributed by atoms with E-state index in [1.165, 1.54) is 19.0 Å². The molecule has 0 saturated carbocycles. The highest BCUT2D eigenvalue weighted by molar-refractivity contribution is 6.33. The van der Waals surface area contributed by atoms with Gasteiger partial charge in [-0.15, -0.1) is 0 Å². The van der Waals surface area contributed by atoms with Gasteiger partial charge in [0.1, 0.15) is 0 Å². The van der Waals surface area contributed by atoms with Gasteiger partial charge >= 0.3 is 0 Å². The number of benzene rings is 1. The molecule has 37 heavy (non-hydrogen) atoms. The van der Waals surface area contributed by atoms with Crippen LogP contribution in [0.4, 0.5) is 5.69 Å². The van der Waals surface area contributed by atoms with Crippen LogP contribution in [0.15, 0.2) is 48.7 Å². The second-order valence-corrected chi connectivity index (χ2v) is 9.95. The zero-order chi connectivity index (χ0) is 25.8. The van der Waals surface area contributed by atoms with Crippen LogP contribution in [-0.4, -0.2) is 71.2 Å². The highest BCUT2D eigenvalue weighted by Crippen LogP contribution is 2.29. The molecule has 0 unspecified atom stereocenters. The minimum atomic E-state index is -0.160. The van der Waals surface area contributed by atoms with E-state index in [1.54, 1.807) is 17.0 Å². The number of hydrogen-bond acceptors (Lipinski definition) is 6. The summed E-state index contributed by atoms with van der Waals surface area (Å²) in [6.45, 7) is 2.92. The summed E-state index contributed by atoms with van der Waals surface area (Å²) >= 11 is 6.27. The second kappa shape index (κ2) is 11.2. The number of aromatic nitrogens is 3. The standard InChI is InChI=1S/C27H31ClN6O3/c1-37-25-15-21(22(28)17-29-25)23-16-24(32-31-23)27(36)34-11-7-18(8-12-34)26(35)30-19-9-13-33(14-10-19)20-5-3-2-4-6-20/h2-6,15-19H,7-14H2,1H3,(H,30,35)(H,31,32). The van der Waals surface area contributed by atoms with Gasteiger partial charge in [-0.3, -0.25) is 14.7 Å². The molecule has 2 aromatic heterocycles. The number of carbonyl (C=O) groups excluding carboxylic acids is 2. The molecule has 0 radical (unpaired) electrons. The fraction of sp³-hybridized carbons (Fsp3) is 0.407. The first kappa shape index (κ1) is 25.1. The molecule has 2 fully saturated rings. The first-order valence-corrected chi connectivity index (χ1v) is 13.0. The number of nitrogens with one attached hydrogen (secondary N) is 2. The summed E-state index contributed by atoms with van der Waals surface area (Å²) in [6, 6.07) is 14.0. The molecule has 9 nitrogen and oxygen atoms in total. The summed E-state index contributed by atoms with van der Waals surface area (Å²) in [7, 11) is 1.53. The van der Waals surface area contributed by atoms with Crippen LogP contribution in [0.1, 0.15) is 36.2 Å². The molecule has 2 aliphatic heterocycles. The van der Waals surface area contributed by atoms with Crippen molar-refractivity contribution >= 4 is 29.1 Å². The maximum absolute atomic E-state index is 13.1. The molecule has 0 atom stereocenters. The van der Waals surface area contributed by atoms with Crippen LogP contribution in [0.2, 0.25) is 5.02 Å². The van der Waals surface area contributed by atoms with E-state index in [4.69, 9.17) is 16.3 Å². The lowest BCUT2D eigenvalue weighted by Gasteiger charge is -2.35. The van der Waals surface area contributed by atoms with Gasteiger partial charge in [-0.1, -0.05) is 29.8 Å². The second-order valence-electron chi connectivity index (χ2n) is 9.55. The van der Waals surface area contributed by atoms with Crippen molar-refractivity contribution in [2.75, 3.05) is 38.2 Å². The van der Waals surface area contributed by atoms with E-state index in [1.807, 2.05) is 6.07 Å². The van der Waals surface area contributed by atoms with Gasteiger partial charge in [0, 0.05) is 55.5 Å². The lowest BCUT2D eigenvalue weighted by atomic mass is 9.94. The normalized spacial score (nSPS) is 17.0. The van der Waals surface area contributed by atoms with E-state index in [2.05, 4.69) is 49.7 Å². The maximum Gasteiger partial charge on any atom is 0.274 e. The molecule has 0 bridgehead atoms. The zero-order valence-corrected chi connectivity index (χ0v) is 21.6. The Kier molecular flexibility index (Phi) is 7.60. The molecule has 2 N–H and O–H groups in total. The van der Waals surface area contributed by atoms with Crippen LogP contribution in [-0.2, 0) is 4.79 Å². The lowest BCUT2D eigenvalue weighted by Crippen LogP contribution is -2.48. The fourth-order valence-electron chi connectivity index (χ4n) is 5.05. The number of likely N-dealkylation sites (tertiary alicyclic amines) is 1. The highest BCUT2D eigenvalue weighted by atomic mass is 35.5. The largest absolute Gasteiger partial charge is 0.481 e. The molecular formula is C27H31ClN6O3. The van der Waals surface area contributed by atoms with Gasteiger partial charge in [-0.25, -0.2) is 4.98 Å². The van der Waals surface area contributed by atoms with Gasteiger partial charge < -0.3 is 19.9 Å². The molecule has 0 spiro atoms. The molecule has 194 valence electrons. The van der Waals surface area contributed by atoms with Crippen molar-refractivity contribution in [1.29, 1.82) is 0 Å². The number of methoxy groups -OCH3 is 1. The minimum Gasteiger partial charge on any atom is -0.481 e.